The van der Waals surface area contributed by atoms with Crippen LogP contribution >= 0.6 is 31.9 Å². The topological polar surface area (TPSA) is 9.23 Å². The first-order chi connectivity index (χ1) is 8.20. The fourth-order valence-electron chi connectivity index (χ4n) is 2.46. The molecule has 17 heavy (non-hydrogen) atoms. The van der Waals surface area contributed by atoms with E-state index < -0.39 is 0 Å². The van der Waals surface area contributed by atoms with Gasteiger partial charge in [-0.2, -0.15) is 0 Å². The molecular weight excluding hydrogens is 344 g/mol. The molecule has 3 unspecified atom stereocenters. The number of halogens is 2. The zero-order valence-corrected chi connectivity index (χ0v) is 13.2. The van der Waals surface area contributed by atoms with Gasteiger partial charge in [0.25, 0.3) is 0 Å². The fourth-order valence-corrected chi connectivity index (χ4v) is 3.68. The summed E-state index contributed by atoms with van der Waals surface area (Å²) in [4.78, 5) is 0. The molecule has 1 heterocycles. The minimum atomic E-state index is 0.430. The summed E-state index contributed by atoms with van der Waals surface area (Å²) in [5.74, 6) is 0.529. The lowest BCUT2D eigenvalue weighted by molar-refractivity contribution is 0.0479. The van der Waals surface area contributed by atoms with Crippen molar-refractivity contribution in [1.82, 2.24) is 0 Å². The second-order valence-electron chi connectivity index (χ2n) is 4.75. The molecule has 1 saturated heterocycles. The highest BCUT2D eigenvalue weighted by Crippen LogP contribution is 2.33. The molecule has 0 radical (unpaired) electrons. The van der Waals surface area contributed by atoms with E-state index in [1.54, 1.807) is 0 Å². The predicted molar refractivity (Wildman–Crippen MR) is 78.9 cm³/mol. The van der Waals surface area contributed by atoms with Crippen molar-refractivity contribution in [3.63, 3.8) is 0 Å². The van der Waals surface area contributed by atoms with E-state index in [0.29, 0.717) is 18.1 Å². The Labute approximate surface area is 120 Å². The number of rotatable bonds is 4. The van der Waals surface area contributed by atoms with Crippen LogP contribution in [0.15, 0.2) is 28.7 Å². The van der Waals surface area contributed by atoms with Crippen LogP contribution < -0.4 is 0 Å². The highest BCUT2D eigenvalue weighted by atomic mass is 79.9. The van der Waals surface area contributed by atoms with Crippen molar-refractivity contribution < 1.29 is 4.74 Å². The normalized spacial score (nSPS) is 26.1. The van der Waals surface area contributed by atoms with Crippen molar-refractivity contribution >= 4 is 31.9 Å². The van der Waals surface area contributed by atoms with E-state index in [4.69, 9.17) is 4.74 Å². The van der Waals surface area contributed by atoms with Gasteiger partial charge in [0.1, 0.15) is 0 Å². The molecule has 0 amide bonds. The lowest BCUT2D eigenvalue weighted by Gasteiger charge is -2.20. The number of alkyl halides is 1. The van der Waals surface area contributed by atoms with Crippen LogP contribution in [0, 0.1) is 0 Å². The molecule has 1 nitrogen and oxygen atoms in total. The van der Waals surface area contributed by atoms with Crippen molar-refractivity contribution in [1.29, 1.82) is 0 Å². The van der Waals surface area contributed by atoms with Crippen LogP contribution in [0.25, 0.3) is 0 Å². The van der Waals surface area contributed by atoms with E-state index in [2.05, 4.69) is 63.0 Å². The lowest BCUT2D eigenvalue weighted by Crippen LogP contribution is -2.14. The highest BCUT2D eigenvalue weighted by Gasteiger charge is 2.25. The van der Waals surface area contributed by atoms with Crippen molar-refractivity contribution in [2.45, 2.75) is 44.3 Å². The third kappa shape index (κ3) is 3.55. The van der Waals surface area contributed by atoms with E-state index >= 15 is 0 Å². The summed E-state index contributed by atoms with van der Waals surface area (Å²) < 4.78 is 7.12. The summed E-state index contributed by atoms with van der Waals surface area (Å²) in [7, 11) is 0. The molecule has 0 aromatic heterocycles. The van der Waals surface area contributed by atoms with Crippen LogP contribution in [0.3, 0.4) is 0 Å². The molecule has 1 aromatic carbocycles. The summed E-state index contributed by atoms with van der Waals surface area (Å²) in [6.45, 7) is 2.17. The molecule has 0 N–H and O–H groups in total. The highest BCUT2D eigenvalue weighted by molar-refractivity contribution is 9.10. The van der Waals surface area contributed by atoms with Crippen LogP contribution in [-0.4, -0.2) is 17.5 Å². The fraction of sp³-hybridized carbons (Fsp3) is 0.571. The second kappa shape index (κ2) is 6.35. The molecule has 0 bridgehead atoms. The quantitative estimate of drug-likeness (QED) is 0.694. The minimum absolute atomic E-state index is 0.430. The monoisotopic (exact) mass is 360 g/mol. The van der Waals surface area contributed by atoms with E-state index in [-0.39, 0.29) is 0 Å². The average Bonchev–Trinajstić information content (AvgIpc) is 2.73. The lowest BCUT2D eigenvalue weighted by atomic mass is 9.94. The predicted octanol–water partition coefficient (Wildman–Crippen LogP) is 4.89. The largest absolute Gasteiger partial charge is 0.375 e. The summed E-state index contributed by atoms with van der Waals surface area (Å²) >= 11 is 7.27. The van der Waals surface area contributed by atoms with Crippen molar-refractivity contribution in [2.24, 2.45) is 0 Å². The van der Waals surface area contributed by atoms with Crippen molar-refractivity contribution in [3.05, 3.63) is 34.3 Å². The molecule has 0 saturated carbocycles. The van der Waals surface area contributed by atoms with Gasteiger partial charge in [-0.1, -0.05) is 50.1 Å². The average molecular weight is 362 g/mol. The van der Waals surface area contributed by atoms with E-state index in [1.807, 2.05) is 0 Å². The molecule has 1 aromatic rings. The van der Waals surface area contributed by atoms with Crippen LogP contribution in [0.2, 0.25) is 0 Å². The van der Waals surface area contributed by atoms with Gasteiger partial charge in [-0.15, -0.1) is 0 Å². The summed E-state index contributed by atoms with van der Waals surface area (Å²) in [6, 6.07) is 8.48. The zero-order chi connectivity index (χ0) is 12.3. The molecule has 1 fully saturated rings. The SMILES string of the molecule is CC1CCC(CC(CBr)c2ccccc2Br)O1. The summed E-state index contributed by atoms with van der Waals surface area (Å²) in [6.07, 6.45) is 4.39. The van der Waals surface area contributed by atoms with E-state index in [1.165, 1.54) is 22.9 Å². The molecule has 3 atom stereocenters. The first-order valence-electron chi connectivity index (χ1n) is 6.16. The number of ether oxygens (including phenoxy) is 1. The van der Waals surface area contributed by atoms with Crippen LogP contribution in [0.1, 0.15) is 37.7 Å². The van der Waals surface area contributed by atoms with Gasteiger partial charge < -0.3 is 4.74 Å². The van der Waals surface area contributed by atoms with Crippen molar-refractivity contribution in [2.75, 3.05) is 5.33 Å². The van der Waals surface area contributed by atoms with E-state index in [0.717, 1.165) is 11.8 Å². The third-order valence-corrected chi connectivity index (χ3v) is 4.90. The van der Waals surface area contributed by atoms with Gasteiger partial charge in [0.2, 0.25) is 0 Å². The zero-order valence-electron chi connectivity index (χ0n) is 10.0. The number of benzene rings is 1. The molecule has 0 aliphatic carbocycles. The van der Waals surface area contributed by atoms with Gasteiger partial charge in [-0.25, -0.2) is 0 Å². The smallest absolute Gasteiger partial charge is 0.0585 e. The van der Waals surface area contributed by atoms with Gasteiger partial charge >= 0.3 is 0 Å². The number of hydrogen-bond donors (Lipinski definition) is 0. The maximum atomic E-state index is 5.92. The number of hydrogen-bond acceptors (Lipinski definition) is 1. The second-order valence-corrected chi connectivity index (χ2v) is 6.26. The molecule has 2 rings (SSSR count). The first kappa shape index (κ1) is 13.6. The van der Waals surface area contributed by atoms with Crippen molar-refractivity contribution in [3.8, 4) is 0 Å². The Bertz CT molecular complexity index is 367. The Hall–Kier alpha value is 0.140. The Morgan fingerprint density at radius 1 is 1.35 bits per heavy atom. The molecule has 1 aliphatic rings. The third-order valence-electron chi connectivity index (χ3n) is 3.40. The Kier molecular flexibility index (Phi) is 5.07. The molecule has 0 spiro atoms. The summed E-state index contributed by atoms with van der Waals surface area (Å²) in [5, 5.41) is 0.990. The Morgan fingerprint density at radius 3 is 2.71 bits per heavy atom. The first-order valence-corrected chi connectivity index (χ1v) is 8.08. The van der Waals surface area contributed by atoms with Gasteiger partial charge in [0, 0.05) is 9.80 Å². The van der Waals surface area contributed by atoms with Gasteiger partial charge in [0.15, 0.2) is 0 Å². The molecule has 3 heteroatoms. The maximum Gasteiger partial charge on any atom is 0.0585 e. The van der Waals surface area contributed by atoms with Crippen LogP contribution in [0.5, 0.6) is 0 Å². The Morgan fingerprint density at radius 2 is 2.12 bits per heavy atom. The van der Waals surface area contributed by atoms with Gasteiger partial charge in [-0.3, -0.25) is 0 Å². The van der Waals surface area contributed by atoms with E-state index in [9.17, 15) is 0 Å². The van der Waals surface area contributed by atoms with Gasteiger partial charge in [-0.05, 0) is 43.7 Å². The standard InChI is InChI=1S/C14H18Br2O/c1-10-6-7-12(17-10)8-11(9-15)13-4-2-3-5-14(13)16/h2-5,10-12H,6-9H2,1H3. The molecule has 1 aliphatic heterocycles. The molecular formula is C14H18Br2O. The summed E-state index contributed by atoms with van der Waals surface area (Å²) in [5.41, 5.74) is 1.38. The molecule has 94 valence electrons. The minimum Gasteiger partial charge on any atom is -0.375 e. The van der Waals surface area contributed by atoms with Gasteiger partial charge in [0.05, 0.1) is 12.2 Å². The Balaban J connectivity index is 2.04. The van der Waals surface area contributed by atoms with Crippen LogP contribution in [-0.2, 0) is 4.74 Å². The maximum absolute atomic E-state index is 5.92. The van der Waals surface area contributed by atoms with Crippen LogP contribution in [0.4, 0.5) is 0 Å².